The summed E-state index contributed by atoms with van der Waals surface area (Å²) in [5.74, 6) is -0.894. The molecule has 0 fully saturated rings. The van der Waals surface area contributed by atoms with Crippen LogP contribution < -0.4 is 0 Å². The minimum absolute atomic E-state index is 0.00695. The molecule has 0 bridgehead atoms. The van der Waals surface area contributed by atoms with E-state index in [9.17, 15) is 9.59 Å². The Balaban J connectivity index is 3.00. The molecule has 0 aliphatic rings. The fourth-order valence-electron chi connectivity index (χ4n) is 1.62. The van der Waals surface area contributed by atoms with Gasteiger partial charge in [-0.05, 0) is 37.1 Å². The standard InChI is InChI=1S/C15H17ClO4/c1-3-19-14(17)9-12(10-15(18)20-4-2)11-6-5-7-13(16)8-11/h5-9H,3-4,10H2,1-2H3/b12-9+. The summed E-state index contributed by atoms with van der Waals surface area (Å²) in [5, 5.41) is 0.529. The topological polar surface area (TPSA) is 52.6 Å². The fraction of sp³-hybridized carbons (Fsp3) is 0.333. The summed E-state index contributed by atoms with van der Waals surface area (Å²) in [5.41, 5.74) is 1.21. The Morgan fingerprint density at radius 3 is 2.50 bits per heavy atom. The van der Waals surface area contributed by atoms with E-state index in [4.69, 9.17) is 21.1 Å². The SMILES string of the molecule is CCOC(=O)/C=C(\CC(=O)OCC)c1cccc(Cl)c1. The zero-order valence-corrected chi connectivity index (χ0v) is 12.3. The number of benzene rings is 1. The van der Waals surface area contributed by atoms with Gasteiger partial charge in [0.2, 0.25) is 0 Å². The Morgan fingerprint density at radius 2 is 1.90 bits per heavy atom. The minimum Gasteiger partial charge on any atom is -0.466 e. The molecule has 0 aromatic heterocycles. The molecule has 0 N–H and O–H groups in total. The number of esters is 2. The first-order valence-corrected chi connectivity index (χ1v) is 6.73. The van der Waals surface area contributed by atoms with Crippen LogP contribution in [-0.4, -0.2) is 25.2 Å². The predicted octanol–water partition coefficient (Wildman–Crippen LogP) is 3.24. The quantitative estimate of drug-likeness (QED) is 0.597. The molecule has 0 radical (unpaired) electrons. The van der Waals surface area contributed by atoms with Gasteiger partial charge in [-0.15, -0.1) is 0 Å². The van der Waals surface area contributed by atoms with Crippen LogP contribution in [0, 0.1) is 0 Å². The summed E-state index contributed by atoms with van der Waals surface area (Å²) in [6.45, 7) is 4.01. The highest BCUT2D eigenvalue weighted by Gasteiger charge is 2.12. The number of carbonyl (C=O) groups excluding carboxylic acids is 2. The van der Waals surface area contributed by atoms with Gasteiger partial charge in [-0.1, -0.05) is 23.7 Å². The first-order chi connectivity index (χ1) is 9.56. The lowest BCUT2D eigenvalue weighted by Gasteiger charge is -2.08. The van der Waals surface area contributed by atoms with Crippen LogP contribution in [-0.2, 0) is 19.1 Å². The molecule has 108 valence electrons. The van der Waals surface area contributed by atoms with E-state index in [1.807, 2.05) is 0 Å². The van der Waals surface area contributed by atoms with Crippen LogP contribution >= 0.6 is 11.6 Å². The third-order valence-electron chi connectivity index (χ3n) is 2.41. The Hall–Kier alpha value is -1.81. The van der Waals surface area contributed by atoms with Gasteiger partial charge in [0.1, 0.15) is 0 Å². The molecule has 0 unspecified atom stereocenters. The molecule has 0 saturated carbocycles. The molecule has 0 heterocycles. The first-order valence-electron chi connectivity index (χ1n) is 6.35. The molecule has 0 amide bonds. The number of carbonyl (C=O) groups is 2. The summed E-state index contributed by atoms with van der Waals surface area (Å²) in [6, 6.07) is 6.93. The van der Waals surface area contributed by atoms with Crippen molar-refractivity contribution in [2.75, 3.05) is 13.2 Å². The first kappa shape index (κ1) is 16.2. The molecule has 0 aliphatic heterocycles. The summed E-state index contributed by atoms with van der Waals surface area (Å²) >= 11 is 5.92. The Labute approximate surface area is 123 Å². The summed E-state index contributed by atoms with van der Waals surface area (Å²) in [7, 11) is 0. The average Bonchev–Trinajstić information content (AvgIpc) is 2.38. The number of hydrogen-bond donors (Lipinski definition) is 0. The highest BCUT2D eigenvalue weighted by molar-refractivity contribution is 6.30. The maximum absolute atomic E-state index is 11.6. The second kappa shape index (κ2) is 8.38. The summed E-state index contributed by atoms with van der Waals surface area (Å²) in [6.07, 6.45) is 1.29. The zero-order chi connectivity index (χ0) is 15.0. The van der Waals surface area contributed by atoms with Gasteiger partial charge in [0, 0.05) is 11.1 Å². The van der Waals surface area contributed by atoms with E-state index in [0.717, 1.165) is 0 Å². The van der Waals surface area contributed by atoms with E-state index in [1.165, 1.54) is 6.08 Å². The zero-order valence-electron chi connectivity index (χ0n) is 11.5. The summed E-state index contributed by atoms with van der Waals surface area (Å²) < 4.78 is 9.77. The average molecular weight is 297 g/mol. The van der Waals surface area contributed by atoms with E-state index in [-0.39, 0.29) is 13.0 Å². The summed E-state index contributed by atoms with van der Waals surface area (Å²) in [4.78, 5) is 23.2. The lowest BCUT2D eigenvalue weighted by atomic mass is 10.0. The fourth-order valence-corrected chi connectivity index (χ4v) is 1.81. The number of ether oxygens (including phenoxy) is 2. The molecule has 5 heteroatoms. The van der Waals surface area contributed by atoms with Crippen LogP contribution in [0.15, 0.2) is 30.3 Å². The normalized spacial score (nSPS) is 11.1. The van der Waals surface area contributed by atoms with Crippen LogP contribution in [0.2, 0.25) is 5.02 Å². The molecular formula is C15H17ClO4. The van der Waals surface area contributed by atoms with Crippen molar-refractivity contribution in [3.8, 4) is 0 Å². The molecular weight excluding hydrogens is 280 g/mol. The van der Waals surface area contributed by atoms with Gasteiger partial charge in [0.15, 0.2) is 0 Å². The molecule has 1 aromatic rings. The Bertz CT molecular complexity index is 508. The van der Waals surface area contributed by atoms with Crippen molar-refractivity contribution in [1.29, 1.82) is 0 Å². The van der Waals surface area contributed by atoms with Crippen LogP contribution in [0.3, 0.4) is 0 Å². The van der Waals surface area contributed by atoms with Gasteiger partial charge >= 0.3 is 11.9 Å². The smallest absolute Gasteiger partial charge is 0.331 e. The molecule has 4 nitrogen and oxygen atoms in total. The van der Waals surface area contributed by atoms with Gasteiger partial charge in [-0.3, -0.25) is 4.79 Å². The molecule has 1 aromatic carbocycles. The lowest BCUT2D eigenvalue weighted by Crippen LogP contribution is -2.07. The van der Waals surface area contributed by atoms with Crippen LogP contribution in [0.25, 0.3) is 5.57 Å². The van der Waals surface area contributed by atoms with Crippen molar-refractivity contribution in [1.82, 2.24) is 0 Å². The third kappa shape index (κ3) is 5.45. The van der Waals surface area contributed by atoms with E-state index in [2.05, 4.69) is 0 Å². The Kier molecular flexibility index (Phi) is 6.81. The van der Waals surface area contributed by atoms with Gasteiger partial charge in [-0.25, -0.2) is 4.79 Å². The molecule has 20 heavy (non-hydrogen) atoms. The second-order valence-electron chi connectivity index (χ2n) is 3.91. The van der Waals surface area contributed by atoms with Crippen molar-refractivity contribution < 1.29 is 19.1 Å². The second-order valence-corrected chi connectivity index (χ2v) is 4.35. The van der Waals surface area contributed by atoms with Crippen molar-refractivity contribution >= 4 is 29.1 Å². The van der Waals surface area contributed by atoms with Crippen molar-refractivity contribution in [2.24, 2.45) is 0 Å². The molecule has 0 saturated heterocycles. The van der Waals surface area contributed by atoms with Crippen LogP contribution in [0.1, 0.15) is 25.8 Å². The van der Waals surface area contributed by atoms with Crippen molar-refractivity contribution in [2.45, 2.75) is 20.3 Å². The van der Waals surface area contributed by atoms with E-state index in [0.29, 0.717) is 22.8 Å². The maximum atomic E-state index is 11.6. The van der Waals surface area contributed by atoms with E-state index >= 15 is 0 Å². The largest absolute Gasteiger partial charge is 0.466 e. The highest BCUT2D eigenvalue weighted by Crippen LogP contribution is 2.22. The third-order valence-corrected chi connectivity index (χ3v) is 2.65. The highest BCUT2D eigenvalue weighted by atomic mass is 35.5. The van der Waals surface area contributed by atoms with Gasteiger partial charge in [0.05, 0.1) is 19.6 Å². The maximum Gasteiger partial charge on any atom is 0.331 e. The molecule has 0 atom stereocenters. The number of rotatable bonds is 6. The monoisotopic (exact) mass is 296 g/mol. The molecule has 0 aliphatic carbocycles. The van der Waals surface area contributed by atoms with Gasteiger partial charge < -0.3 is 9.47 Å². The van der Waals surface area contributed by atoms with Crippen LogP contribution in [0.4, 0.5) is 0 Å². The number of hydrogen-bond acceptors (Lipinski definition) is 4. The van der Waals surface area contributed by atoms with Gasteiger partial charge in [0.25, 0.3) is 0 Å². The van der Waals surface area contributed by atoms with E-state index in [1.54, 1.807) is 38.1 Å². The molecule has 1 rings (SSSR count). The van der Waals surface area contributed by atoms with Gasteiger partial charge in [-0.2, -0.15) is 0 Å². The minimum atomic E-state index is -0.494. The number of halogens is 1. The van der Waals surface area contributed by atoms with Crippen molar-refractivity contribution in [3.63, 3.8) is 0 Å². The van der Waals surface area contributed by atoms with Crippen LogP contribution in [0.5, 0.6) is 0 Å². The lowest BCUT2D eigenvalue weighted by molar-refractivity contribution is -0.141. The predicted molar refractivity (Wildman–Crippen MR) is 77.3 cm³/mol. The molecule has 0 spiro atoms. The van der Waals surface area contributed by atoms with E-state index < -0.39 is 11.9 Å². The van der Waals surface area contributed by atoms with Crippen molar-refractivity contribution in [3.05, 3.63) is 40.9 Å². The Morgan fingerprint density at radius 1 is 1.20 bits per heavy atom.